The van der Waals surface area contributed by atoms with Crippen LogP contribution in [0.5, 0.6) is 0 Å². The second-order valence-corrected chi connectivity index (χ2v) is 7.83. The molecule has 7 heteroatoms. The maximum Gasteiger partial charge on any atom is 0.323 e. The zero-order valence-corrected chi connectivity index (χ0v) is 16.8. The third-order valence-corrected chi connectivity index (χ3v) is 5.61. The van der Waals surface area contributed by atoms with E-state index >= 15 is 0 Å². The Hall–Kier alpha value is -3.35. The highest BCUT2D eigenvalue weighted by molar-refractivity contribution is 6.10. The molecule has 1 atom stereocenters. The first-order valence-corrected chi connectivity index (χ1v) is 10.4. The van der Waals surface area contributed by atoms with Crippen molar-refractivity contribution < 1.29 is 14.4 Å². The molecule has 2 aromatic carbocycles. The first-order chi connectivity index (χ1) is 14.6. The van der Waals surface area contributed by atoms with E-state index in [4.69, 9.17) is 0 Å². The third kappa shape index (κ3) is 4.62. The van der Waals surface area contributed by atoms with Gasteiger partial charge in [-0.3, -0.25) is 14.5 Å². The summed E-state index contributed by atoms with van der Waals surface area (Å²) in [5.74, 6) is -0.451. The van der Waals surface area contributed by atoms with Crippen LogP contribution in [-0.2, 0) is 16.0 Å². The summed E-state index contributed by atoms with van der Waals surface area (Å²) in [5.41, 5.74) is 2.16. The fourth-order valence-electron chi connectivity index (χ4n) is 4.07. The van der Waals surface area contributed by atoms with Gasteiger partial charge in [0.05, 0.1) is 11.4 Å². The van der Waals surface area contributed by atoms with Crippen LogP contribution in [0.2, 0.25) is 0 Å². The number of amides is 4. The van der Waals surface area contributed by atoms with Crippen LogP contribution < -0.4 is 20.9 Å². The van der Waals surface area contributed by atoms with E-state index in [-0.39, 0.29) is 24.4 Å². The standard InChI is InChI=1S/C23H26N4O3/c28-21-15-27(20-13-7-6-12-18(20)25-21)23(30)26-19(14-16-8-2-1-3-9-16)22(29)24-17-10-4-5-11-17/h1-3,6-9,12-13,17,19H,4-5,10-11,14-15H2,(H,24,29)(H,25,28)(H,26,30)/t19-/m1/s1. The Bertz CT molecular complexity index is 925. The van der Waals surface area contributed by atoms with Gasteiger partial charge in [-0.25, -0.2) is 4.79 Å². The van der Waals surface area contributed by atoms with Crippen LogP contribution in [0, 0.1) is 0 Å². The van der Waals surface area contributed by atoms with E-state index in [0.717, 1.165) is 31.2 Å². The lowest BCUT2D eigenvalue weighted by Crippen LogP contribution is -2.55. The van der Waals surface area contributed by atoms with Crippen molar-refractivity contribution in [1.29, 1.82) is 0 Å². The number of carbonyl (C=O) groups excluding carboxylic acids is 3. The van der Waals surface area contributed by atoms with Crippen molar-refractivity contribution in [2.75, 3.05) is 16.8 Å². The van der Waals surface area contributed by atoms with Gasteiger partial charge in [-0.15, -0.1) is 0 Å². The second kappa shape index (κ2) is 8.98. The fourth-order valence-corrected chi connectivity index (χ4v) is 4.07. The average Bonchev–Trinajstić information content (AvgIpc) is 3.26. The molecule has 0 saturated heterocycles. The quantitative estimate of drug-likeness (QED) is 0.713. The normalized spacial score (nSPS) is 17.1. The molecule has 3 N–H and O–H groups in total. The molecule has 1 heterocycles. The number of nitrogens with one attached hydrogen (secondary N) is 3. The van der Waals surface area contributed by atoms with Crippen molar-refractivity contribution >= 4 is 29.2 Å². The molecule has 0 unspecified atom stereocenters. The molecule has 2 aromatic rings. The molecule has 30 heavy (non-hydrogen) atoms. The number of urea groups is 1. The number of hydrogen-bond acceptors (Lipinski definition) is 3. The number of para-hydroxylation sites is 2. The predicted octanol–water partition coefficient (Wildman–Crippen LogP) is 2.82. The lowest BCUT2D eigenvalue weighted by atomic mass is 10.0. The van der Waals surface area contributed by atoms with Gasteiger partial charge in [-0.1, -0.05) is 55.3 Å². The average molecular weight is 406 g/mol. The molecule has 7 nitrogen and oxygen atoms in total. The summed E-state index contributed by atoms with van der Waals surface area (Å²) >= 11 is 0. The Balaban J connectivity index is 1.52. The summed E-state index contributed by atoms with van der Waals surface area (Å²) in [6.45, 7) is -0.0921. The van der Waals surface area contributed by atoms with Crippen LogP contribution in [0.4, 0.5) is 16.2 Å². The zero-order valence-electron chi connectivity index (χ0n) is 16.8. The molecule has 0 spiro atoms. The number of benzene rings is 2. The molecule has 4 amide bonds. The smallest absolute Gasteiger partial charge is 0.323 e. The van der Waals surface area contributed by atoms with Crippen LogP contribution in [0.3, 0.4) is 0 Å². The van der Waals surface area contributed by atoms with Gasteiger partial charge >= 0.3 is 6.03 Å². The highest BCUT2D eigenvalue weighted by Crippen LogP contribution is 2.29. The molecule has 0 radical (unpaired) electrons. The monoisotopic (exact) mass is 406 g/mol. The molecule has 4 rings (SSSR count). The van der Waals surface area contributed by atoms with E-state index in [0.29, 0.717) is 17.8 Å². The van der Waals surface area contributed by atoms with Crippen LogP contribution in [0.25, 0.3) is 0 Å². The van der Waals surface area contributed by atoms with Crippen LogP contribution in [0.15, 0.2) is 54.6 Å². The highest BCUT2D eigenvalue weighted by Gasteiger charge is 2.31. The van der Waals surface area contributed by atoms with Crippen LogP contribution >= 0.6 is 0 Å². The van der Waals surface area contributed by atoms with E-state index in [2.05, 4.69) is 16.0 Å². The molecule has 2 aliphatic rings. The second-order valence-electron chi connectivity index (χ2n) is 7.83. The van der Waals surface area contributed by atoms with Gasteiger partial charge in [0, 0.05) is 12.5 Å². The van der Waals surface area contributed by atoms with E-state index in [1.165, 1.54) is 4.90 Å². The summed E-state index contributed by atoms with van der Waals surface area (Å²) in [4.78, 5) is 39.6. The summed E-state index contributed by atoms with van der Waals surface area (Å²) in [6.07, 6.45) is 4.54. The summed E-state index contributed by atoms with van der Waals surface area (Å²) < 4.78 is 0. The van der Waals surface area contributed by atoms with Crippen molar-refractivity contribution in [2.45, 2.75) is 44.2 Å². The van der Waals surface area contributed by atoms with E-state index < -0.39 is 12.1 Å². The minimum Gasteiger partial charge on any atom is -0.352 e. The molecule has 1 saturated carbocycles. The first-order valence-electron chi connectivity index (χ1n) is 10.4. The minimum absolute atomic E-state index is 0.0921. The van der Waals surface area contributed by atoms with Gasteiger partial charge in [0.1, 0.15) is 12.6 Å². The highest BCUT2D eigenvalue weighted by atomic mass is 16.2. The molecule has 1 aliphatic carbocycles. The van der Waals surface area contributed by atoms with Gasteiger partial charge in [0.25, 0.3) is 0 Å². The Labute approximate surface area is 175 Å². The van der Waals surface area contributed by atoms with E-state index in [1.54, 1.807) is 18.2 Å². The number of rotatable bonds is 5. The van der Waals surface area contributed by atoms with E-state index in [9.17, 15) is 14.4 Å². The molecule has 0 bridgehead atoms. The van der Waals surface area contributed by atoms with Gasteiger partial charge in [0.15, 0.2) is 0 Å². The lowest BCUT2D eigenvalue weighted by molar-refractivity contribution is -0.123. The predicted molar refractivity (Wildman–Crippen MR) is 115 cm³/mol. The van der Waals surface area contributed by atoms with Gasteiger partial charge < -0.3 is 16.0 Å². The number of anilines is 2. The molecule has 1 aliphatic heterocycles. The van der Waals surface area contributed by atoms with Crippen molar-refractivity contribution in [3.8, 4) is 0 Å². The van der Waals surface area contributed by atoms with Crippen molar-refractivity contribution in [2.24, 2.45) is 0 Å². The summed E-state index contributed by atoms with van der Waals surface area (Å²) in [7, 11) is 0. The van der Waals surface area contributed by atoms with Crippen molar-refractivity contribution in [1.82, 2.24) is 10.6 Å². The molecule has 156 valence electrons. The molecular weight excluding hydrogens is 380 g/mol. The Kier molecular flexibility index (Phi) is 5.97. The lowest BCUT2D eigenvalue weighted by Gasteiger charge is -2.31. The fraction of sp³-hybridized carbons (Fsp3) is 0.348. The Morgan fingerprint density at radius 3 is 2.50 bits per heavy atom. The number of hydrogen-bond donors (Lipinski definition) is 3. The summed E-state index contributed by atoms with van der Waals surface area (Å²) in [6, 6.07) is 15.7. The van der Waals surface area contributed by atoms with Crippen molar-refractivity contribution in [3.63, 3.8) is 0 Å². The van der Waals surface area contributed by atoms with Crippen LogP contribution in [0.1, 0.15) is 31.2 Å². The third-order valence-electron chi connectivity index (χ3n) is 5.61. The zero-order chi connectivity index (χ0) is 20.9. The Morgan fingerprint density at radius 2 is 1.73 bits per heavy atom. The van der Waals surface area contributed by atoms with Gasteiger partial charge in [0.2, 0.25) is 11.8 Å². The maximum absolute atomic E-state index is 13.1. The van der Waals surface area contributed by atoms with Gasteiger partial charge in [-0.2, -0.15) is 0 Å². The largest absolute Gasteiger partial charge is 0.352 e. The molecule has 1 fully saturated rings. The SMILES string of the molecule is O=C1CN(C(=O)N[C@H](Cc2ccccc2)C(=O)NC2CCCC2)c2ccccc2N1. The van der Waals surface area contributed by atoms with E-state index in [1.807, 2.05) is 36.4 Å². The number of nitrogens with zero attached hydrogens (tertiary/aromatic N) is 1. The minimum atomic E-state index is -0.724. The first kappa shape index (κ1) is 19.9. The summed E-state index contributed by atoms with van der Waals surface area (Å²) in [5, 5.41) is 8.72. The molecule has 0 aromatic heterocycles. The van der Waals surface area contributed by atoms with Crippen LogP contribution in [-0.4, -0.2) is 36.5 Å². The Morgan fingerprint density at radius 1 is 1.03 bits per heavy atom. The topological polar surface area (TPSA) is 90.5 Å². The number of fused-ring (bicyclic) bond motifs is 1. The molecular formula is C23H26N4O3. The van der Waals surface area contributed by atoms with Gasteiger partial charge in [-0.05, 0) is 30.5 Å². The number of carbonyl (C=O) groups is 3. The maximum atomic E-state index is 13.1. The van der Waals surface area contributed by atoms with Crippen molar-refractivity contribution in [3.05, 3.63) is 60.2 Å².